The molecule has 0 amide bonds. The number of rotatable bonds is 3. The molecule has 1 aromatic heterocycles. The SMILES string of the molecule is Cc1ccc(-n2c(CCN)nc3ccccc32)cc1C. The van der Waals surface area contributed by atoms with Crippen LogP contribution in [0.25, 0.3) is 16.7 Å². The number of aromatic nitrogens is 2. The Kier molecular flexibility index (Phi) is 3.28. The van der Waals surface area contributed by atoms with Gasteiger partial charge in [0.25, 0.3) is 0 Å². The van der Waals surface area contributed by atoms with E-state index in [1.165, 1.54) is 11.1 Å². The molecular formula is C17H19N3. The summed E-state index contributed by atoms with van der Waals surface area (Å²) in [5.74, 6) is 1.02. The number of fused-ring (bicyclic) bond motifs is 1. The fourth-order valence-corrected chi connectivity index (χ4v) is 2.53. The fourth-order valence-electron chi connectivity index (χ4n) is 2.53. The van der Waals surface area contributed by atoms with E-state index in [0.717, 1.165) is 29.0 Å². The summed E-state index contributed by atoms with van der Waals surface area (Å²) in [4.78, 5) is 4.71. The number of nitrogens with two attached hydrogens (primary N) is 1. The maximum atomic E-state index is 5.73. The normalized spacial score (nSPS) is 11.2. The Balaban J connectivity index is 2.26. The van der Waals surface area contributed by atoms with Crippen LogP contribution in [0.4, 0.5) is 0 Å². The lowest BCUT2D eigenvalue weighted by Crippen LogP contribution is -2.09. The van der Waals surface area contributed by atoms with Crippen molar-refractivity contribution in [3.8, 4) is 5.69 Å². The molecule has 0 aliphatic carbocycles. The zero-order chi connectivity index (χ0) is 14.1. The lowest BCUT2D eigenvalue weighted by Gasteiger charge is -2.11. The van der Waals surface area contributed by atoms with Crippen molar-refractivity contribution in [2.24, 2.45) is 5.73 Å². The second-order valence-electron chi connectivity index (χ2n) is 5.16. The molecule has 1 heterocycles. The van der Waals surface area contributed by atoms with E-state index >= 15 is 0 Å². The van der Waals surface area contributed by atoms with Gasteiger partial charge in [0.05, 0.1) is 11.0 Å². The van der Waals surface area contributed by atoms with E-state index in [1.807, 2.05) is 18.2 Å². The lowest BCUT2D eigenvalue weighted by atomic mass is 10.1. The van der Waals surface area contributed by atoms with Crippen LogP contribution in [0.3, 0.4) is 0 Å². The minimum Gasteiger partial charge on any atom is -0.330 e. The van der Waals surface area contributed by atoms with E-state index in [1.54, 1.807) is 0 Å². The largest absolute Gasteiger partial charge is 0.330 e. The minimum absolute atomic E-state index is 0.605. The quantitative estimate of drug-likeness (QED) is 0.790. The van der Waals surface area contributed by atoms with Gasteiger partial charge in [0.2, 0.25) is 0 Å². The van der Waals surface area contributed by atoms with Crippen LogP contribution in [-0.4, -0.2) is 16.1 Å². The monoisotopic (exact) mass is 265 g/mol. The maximum absolute atomic E-state index is 5.73. The van der Waals surface area contributed by atoms with E-state index in [4.69, 9.17) is 10.7 Å². The summed E-state index contributed by atoms with van der Waals surface area (Å²) in [5.41, 5.74) is 11.6. The van der Waals surface area contributed by atoms with Crippen LogP contribution in [0.5, 0.6) is 0 Å². The number of aryl methyl sites for hydroxylation is 2. The molecule has 20 heavy (non-hydrogen) atoms. The highest BCUT2D eigenvalue weighted by molar-refractivity contribution is 5.78. The van der Waals surface area contributed by atoms with Crippen molar-refractivity contribution in [2.75, 3.05) is 6.54 Å². The second-order valence-corrected chi connectivity index (χ2v) is 5.16. The van der Waals surface area contributed by atoms with Gasteiger partial charge in [0.15, 0.2) is 0 Å². The number of para-hydroxylation sites is 2. The summed E-state index contributed by atoms with van der Waals surface area (Å²) in [6.45, 7) is 4.88. The Morgan fingerprint density at radius 3 is 2.60 bits per heavy atom. The van der Waals surface area contributed by atoms with E-state index in [0.29, 0.717) is 6.54 Å². The Morgan fingerprint density at radius 1 is 1.05 bits per heavy atom. The smallest absolute Gasteiger partial charge is 0.115 e. The van der Waals surface area contributed by atoms with Gasteiger partial charge in [0.1, 0.15) is 5.82 Å². The van der Waals surface area contributed by atoms with Crippen molar-refractivity contribution in [1.82, 2.24) is 9.55 Å². The van der Waals surface area contributed by atoms with E-state index in [-0.39, 0.29) is 0 Å². The van der Waals surface area contributed by atoms with E-state index in [9.17, 15) is 0 Å². The van der Waals surface area contributed by atoms with Crippen LogP contribution in [-0.2, 0) is 6.42 Å². The summed E-state index contributed by atoms with van der Waals surface area (Å²) < 4.78 is 2.22. The van der Waals surface area contributed by atoms with Crippen LogP contribution in [0.15, 0.2) is 42.5 Å². The molecule has 0 radical (unpaired) electrons. The minimum atomic E-state index is 0.605. The number of nitrogens with zero attached hydrogens (tertiary/aromatic N) is 2. The van der Waals surface area contributed by atoms with Gasteiger partial charge < -0.3 is 5.73 Å². The average molecular weight is 265 g/mol. The third-order valence-corrected chi connectivity index (χ3v) is 3.75. The Hall–Kier alpha value is -2.13. The summed E-state index contributed by atoms with van der Waals surface area (Å²) in [6, 6.07) is 14.7. The molecule has 3 nitrogen and oxygen atoms in total. The molecule has 102 valence electrons. The third-order valence-electron chi connectivity index (χ3n) is 3.75. The van der Waals surface area contributed by atoms with E-state index < -0.39 is 0 Å². The molecule has 0 aliphatic rings. The predicted molar refractivity (Wildman–Crippen MR) is 83.3 cm³/mol. The van der Waals surface area contributed by atoms with Crippen LogP contribution >= 0.6 is 0 Å². The molecule has 0 spiro atoms. The Labute approximate surface area is 119 Å². The number of benzene rings is 2. The molecule has 0 saturated heterocycles. The number of imidazole rings is 1. The maximum Gasteiger partial charge on any atom is 0.115 e. The topological polar surface area (TPSA) is 43.8 Å². The molecule has 0 fully saturated rings. The van der Waals surface area contributed by atoms with Crippen molar-refractivity contribution >= 4 is 11.0 Å². The summed E-state index contributed by atoms with van der Waals surface area (Å²) in [7, 11) is 0. The highest BCUT2D eigenvalue weighted by Gasteiger charge is 2.11. The van der Waals surface area contributed by atoms with Crippen molar-refractivity contribution < 1.29 is 0 Å². The first kappa shape index (κ1) is 12.9. The predicted octanol–water partition coefficient (Wildman–Crippen LogP) is 3.14. The first-order valence-electron chi connectivity index (χ1n) is 6.95. The number of hydrogen-bond donors (Lipinski definition) is 1. The average Bonchev–Trinajstić information content (AvgIpc) is 2.80. The van der Waals surface area contributed by atoms with Gasteiger partial charge in [-0.1, -0.05) is 18.2 Å². The van der Waals surface area contributed by atoms with Crippen LogP contribution in [0, 0.1) is 13.8 Å². The first-order chi connectivity index (χ1) is 9.70. The molecule has 3 aromatic rings. The summed E-state index contributed by atoms with van der Waals surface area (Å²) in [6.07, 6.45) is 0.779. The van der Waals surface area contributed by atoms with Gasteiger partial charge in [-0.2, -0.15) is 0 Å². The molecular weight excluding hydrogens is 246 g/mol. The van der Waals surface area contributed by atoms with Gasteiger partial charge >= 0.3 is 0 Å². The zero-order valence-corrected chi connectivity index (χ0v) is 11.9. The Morgan fingerprint density at radius 2 is 1.85 bits per heavy atom. The van der Waals surface area contributed by atoms with Gasteiger partial charge in [-0.05, 0) is 55.8 Å². The number of hydrogen-bond acceptors (Lipinski definition) is 2. The molecule has 0 aliphatic heterocycles. The van der Waals surface area contributed by atoms with E-state index in [2.05, 4.69) is 42.7 Å². The van der Waals surface area contributed by atoms with Crippen molar-refractivity contribution in [3.05, 3.63) is 59.4 Å². The molecule has 3 heteroatoms. The standard InChI is InChI=1S/C17H19N3/c1-12-7-8-14(11-13(12)2)20-16-6-4-3-5-15(16)19-17(20)9-10-18/h3-8,11H,9-10,18H2,1-2H3. The highest BCUT2D eigenvalue weighted by Crippen LogP contribution is 2.23. The molecule has 2 N–H and O–H groups in total. The molecule has 2 aromatic carbocycles. The lowest BCUT2D eigenvalue weighted by molar-refractivity contribution is 0.847. The van der Waals surface area contributed by atoms with Gasteiger partial charge in [-0.15, -0.1) is 0 Å². The highest BCUT2D eigenvalue weighted by atomic mass is 15.1. The van der Waals surface area contributed by atoms with Gasteiger partial charge in [0, 0.05) is 12.1 Å². The first-order valence-corrected chi connectivity index (χ1v) is 6.95. The second kappa shape index (κ2) is 5.10. The van der Waals surface area contributed by atoms with Crippen LogP contribution < -0.4 is 5.73 Å². The van der Waals surface area contributed by atoms with Gasteiger partial charge in [-0.25, -0.2) is 4.98 Å². The van der Waals surface area contributed by atoms with Crippen molar-refractivity contribution in [1.29, 1.82) is 0 Å². The summed E-state index contributed by atoms with van der Waals surface area (Å²) in [5, 5.41) is 0. The van der Waals surface area contributed by atoms with Crippen LogP contribution in [0.2, 0.25) is 0 Å². The van der Waals surface area contributed by atoms with Gasteiger partial charge in [-0.3, -0.25) is 4.57 Å². The van der Waals surface area contributed by atoms with Crippen molar-refractivity contribution in [2.45, 2.75) is 20.3 Å². The summed E-state index contributed by atoms with van der Waals surface area (Å²) >= 11 is 0. The van der Waals surface area contributed by atoms with Crippen molar-refractivity contribution in [3.63, 3.8) is 0 Å². The molecule has 0 saturated carbocycles. The molecule has 0 unspecified atom stereocenters. The molecule has 3 rings (SSSR count). The molecule has 0 atom stereocenters. The fraction of sp³-hybridized carbons (Fsp3) is 0.235. The Bertz CT molecular complexity index is 756. The van der Waals surface area contributed by atoms with Crippen LogP contribution in [0.1, 0.15) is 17.0 Å². The molecule has 0 bridgehead atoms. The zero-order valence-electron chi connectivity index (χ0n) is 11.9. The third kappa shape index (κ3) is 2.10.